The van der Waals surface area contributed by atoms with Crippen molar-refractivity contribution in [2.75, 3.05) is 13.7 Å². The van der Waals surface area contributed by atoms with Gasteiger partial charge in [-0.3, -0.25) is 14.5 Å². The SMILES string of the molecule is COc1ccc(CN2C(=O)CCC2=O)cc1C#CCCO. The smallest absolute Gasteiger partial charge is 0.229 e. The molecule has 1 aliphatic heterocycles. The summed E-state index contributed by atoms with van der Waals surface area (Å²) in [5, 5.41) is 8.76. The highest BCUT2D eigenvalue weighted by atomic mass is 16.5. The van der Waals surface area contributed by atoms with Gasteiger partial charge >= 0.3 is 0 Å². The minimum atomic E-state index is -0.135. The van der Waals surface area contributed by atoms with Gasteiger partial charge in [0.2, 0.25) is 11.8 Å². The Kier molecular flexibility index (Phi) is 4.96. The van der Waals surface area contributed by atoms with E-state index in [1.165, 1.54) is 4.90 Å². The molecular formula is C16H17NO4. The zero-order chi connectivity index (χ0) is 15.2. The molecular weight excluding hydrogens is 270 g/mol. The first-order chi connectivity index (χ1) is 10.2. The van der Waals surface area contributed by atoms with Crippen molar-refractivity contribution in [3.05, 3.63) is 29.3 Å². The summed E-state index contributed by atoms with van der Waals surface area (Å²) in [5.41, 5.74) is 1.51. The lowest BCUT2D eigenvalue weighted by molar-refractivity contribution is -0.139. The fraction of sp³-hybridized carbons (Fsp3) is 0.375. The van der Waals surface area contributed by atoms with Gasteiger partial charge in [0, 0.05) is 19.3 Å². The van der Waals surface area contributed by atoms with E-state index in [9.17, 15) is 9.59 Å². The summed E-state index contributed by atoms with van der Waals surface area (Å²) in [6.45, 7) is 0.266. The highest BCUT2D eigenvalue weighted by Gasteiger charge is 2.28. The van der Waals surface area contributed by atoms with Crippen molar-refractivity contribution in [1.29, 1.82) is 0 Å². The van der Waals surface area contributed by atoms with Crippen LogP contribution in [0.1, 0.15) is 30.4 Å². The maximum Gasteiger partial charge on any atom is 0.229 e. The average molecular weight is 287 g/mol. The van der Waals surface area contributed by atoms with Crippen LogP contribution in [-0.4, -0.2) is 35.5 Å². The first kappa shape index (κ1) is 15.1. The van der Waals surface area contributed by atoms with E-state index >= 15 is 0 Å². The highest BCUT2D eigenvalue weighted by molar-refractivity contribution is 6.01. The van der Waals surface area contributed by atoms with Gasteiger partial charge in [0.05, 0.1) is 25.8 Å². The molecule has 21 heavy (non-hydrogen) atoms. The van der Waals surface area contributed by atoms with E-state index in [1.54, 1.807) is 13.2 Å². The standard InChI is InChI=1S/C16H17NO4/c1-21-14-6-5-12(10-13(14)4-2-3-9-18)11-17-15(19)7-8-16(17)20/h5-6,10,18H,3,7-9,11H2,1H3. The van der Waals surface area contributed by atoms with Gasteiger partial charge in [-0.1, -0.05) is 17.9 Å². The molecule has 1 saturated heterocycles. The van der Waals surface area contributed by atoms with Crippen LogP contribution >= 0.6 is 0 Å². The molecule has 110 valence electrons. The summed E-state index contributed by atoms with van der Waals surface area (Å²) in [7, 11) is 1.56. The maximum absolute atomic E-state index is 11.6. The van der Waals surface area contributed by atoms with Crippen LogP contribution in [0.25, 0.3) is 0 Å². The van der Waals surface area contributed by atoms with Gasteiger partial charge in [-0.05, 0) is 17.7 Å². The van der Waals surface area contributed by atoms with Gasteiger partial charge < -0.3 is 9.84 Å². The van der Waals surface area contributed by atoms with Crippen molar-refractivity contribution in [2.45, 2.75) is 25.8 Å². The number of nitrogens with zero attached hydrogens (tertiary/aromatic N) is 1. The second kappa shape index (κ2) is 6.91. The number of aliphatic hydroxyl groups excluding tert-OH is 1. The first-order valence-corrected chi connectivity index (χ1v) is 6.75. The zero-order valence-electron chi connectivity index (χ0n) is 11.9. The number of imide groups is 1. The molecule has 5 nitrogen and oxygen atoms in total. The summed E-state index contributed by atoms with van der Waals surface area (Å²) >= 11 is 0. The van der Waals surface area contributed by atoms with Crippen LogP contribution in [0, 0.1) is 11.8 Å². The van der Waals surface area contributed by atoms with Gasteiger partial charge in [-0.2, -0.15) is 0 Å². The molecule has 1 heterocycles. The van der Waals surface area contributed by atoms with Gasteiger partial charge in [-0.25, -0.2) is 0 Å². The van der Waals surface area contributed by atoms with E-state index in [4.69, 9.17) is 9.84 Å². The molecule has 0 spiro atoms. The lowest BCUT2D eigenvalue weighted by Gasteiger charge is -2.14. The monoisotopic (exact) mass is 287 g/mol. The molecule has 2 rings (SSSR count). The fourth-order valence-electron chi connectivity index (χ4n) is 2.15. The molecule has 0 atom stereocenters. The largest absolute Gasteiger partial charge is 0.495 e. The van der Waals surface area contributed by atoms with Crippen LogP contribution in [0.4, 0.5) is 0 Å². The fourth-order valence-corrected chi connectivity index (χ4v) is 2.15. The van der Waals surface area contributed by atoms with Crippen molar-refractivity contribution < 1.29 is 19.4 Å². The topological polar surface area (TPSA) is 66.8 Å². The summed E-state index contributed by atoms with van der Waals surface area (Å²) < 4.78 is 5.23. The first-order valence-electron chi connectivity index (χ1n) is 6.75. The molecule has 0 radical (unpaired) electrons. The molecule has 0 aromatic heterocycles. The van der Waals surface area contributed by atoms with Crippen LogP contribution in [0.15, 0.2) is 18.2 Å². The second-order valence-electron chi connectivity index (χ2n) is 4.68. The Morgan fingerprint density at radius 3 is 2.62 bits per heavy atom. The van der Waals surface area contributed by atoms with Gasteiger partial charge in [0.25, 0.3) is 0 Å². The third-order valence-corrected chi connectivity index (χ3v) is 3.22. The Morgan fingerprint density at radius 1 is 1.29 bits per heavy atom. The van der Waals surface area contributed by atoms with Crippen molar-refractivity contribution in [3.63, 3.8) is 0 Å². The number of methoxy groups -OCH3 is 1. The number of benzene rings is 1. The Morgan fingerprint density at radius 2 is 2.00 bits per heavy atom. The lowest BCUT2D eigenvalue weighted by Crippen LogP contribution is -2.28. The molecule has 1 aliphatic rings. The van der Waals surface area contributed by atoms with E-state index in [2.05, 4.69) is 11.8 Å². The summed E-state index contributed by atoms with van der Waals surface area (Å²) in [6.07, 6.45) is 0.965. The molecule has 0 bridgehead atoms. The number of rotatable bonds is 4. The maximum atomic E-state index is 11.6. The number of carbonyl (C=O) groups excluding carboxylic acids is 2. The van der Waals surface area contributed by atoms with Crippen LogP contribution in [0.2, 0.25) is 0 Å². The van der Waals surface area contributed by atoms with Crippen molar-refractivity contribution >= 4 is 11.8 Å². The molecule has 0 saturated carbocycles. The van der Waals surface area contributed by atoms with Crippen LogP contribution in [-0.2, 0) is 16.1 Å². The van der Waals surface area contributed by atoms with E-state index in [0.717, 1.165) is 5.56 Å². The highest BCUT2D eigenvalue weighted by Crippen LogP contribution is 2.22. The number of carbonyl (C=O) groups is 2. The normalized spacial score (nSPS) is 14.1. The van der Waals surface area contributed by atoms with E-state index < -0.39 is 0 Å². The van der Waals surface area contributed by atoms with Crippen molar-refractivity contribution in [1.82, 2.24) is 4.90 Å². The minimum absolute atomic E-state index is 0.00574. The molecule has 0 unspecified atom stereocenters. The number of hydrogen-bond acceptors (Lipinski definition) is 4. The number of amides is 2. The van der Waals surface area contributed by atoms with E-state index in [0.29, 0.717) is 17.7 Å². The van der Waals surface area contributed by atoms with E-state index in [-0.39, 0.29) is 37.8 Å². The molecule has 1 fully saturated rings. The van der Waals surface area contributed by atoms with Crippen molar-refractivity contribution in [2.24, 2.45) is 0 Å². The lowest BCUT2D eigenvalue weighted by atomic mass is 10.1. The Bertz CT molecular complexity index is 596. The molecule has 1 aromatic carbocycles. The molecule has 0 aliphatic carbocycles. The molecule has 2 amide bonds. The zero-order valence-corrected chi connectivity index (χ0v) is 11.9. The number of ether oxygens (including phenoxy) is 1. The van der Waals surface area contributed by atoms with Gasteiger partial charge in [-0.15, -0.1) is 0 Å². The summed E-state index contributed by atoms with van der Waals surface area (Å²) in [4.78, 5) is 24.5. The second-order valence-corrected chi connectivity index (χ2v) is 4.68. The van der Waals surface area contributed by atoms with Gasteiger partial charge in [0.1, 0.15) is 5.75 Å². The average Bonchev–Trinajstić information content (AvgIpc) is 2.80. The Hall–Kier alpha value is -2.32. The number of hydrogen-bond donors (Lipinski definition) is 1. The third-order valence-electron chi connectivity index (χ3n) is 3.22. The van der Waals surface area contributed by atoms with Crippen LogP contribution in [0.5, 0.6) is 5.75 Å². The van der Waals surface area contributed by atoms with Gasteiger partial charge in [0.15, 0.2) is 0 Å². The molecule has 1 N–H and O–H groups in total. The van der Waals surface area contributed by atoms with Crippen LogP contribution < -0.4 is 4.74 Å². The van der Waals surface area contributed by atoms with Crippen molar-refractivity contribution in [3.8, 4) is 17.6 Å². The predicted molar refractivity (Wildman–Crippen MR) is 76.4 cm³/mol. The Labute approximate surface area is 123 Å². The quantitative estimate of drug-likeness (QED) is 0.664. The number of likely N-dealkylation sites (tertiary alicyclic amines) is 1. The van der Waals surface area contributed by atoms with E-state index in [1.807, 2.05) is 12.1 Å². The third kappa shape index (κ3) is 3.61. The summed E-state index contributed by atoms with van der Waals surface area (Å²) in [5.74, 6) is 6.12. The summed E-state index contributed by atoms with van der Waals surface area (Å²) in [6, 6.07) is 5.39. The molecule has 5 heteroatoms. The number of aliphatic hydroxyl groups is 1. The Balaban J connectivity index is 2.21. The van der Waals surface area contributed by atoms with Crippen LogP contribution in [0.3, 0.4) is 0 Å². The minimum Gasteiger partial charge on any atom is -0.495 e. The predicted octanol–water partition coefficient (Wildman–Crippen LogP) is 1.08. The molecule has 1 aromatic rings.